The second-order valence-electron chi connectivity index (χ2n) is 5.72. The van der Waals surface area contributed by atoms with Crippen molar-refractivity contribution in [2.75, 3.05) is 32.6 Å². The predicted octanol–water partition coefficient (Wildman–Crippen LogP) is 5.55. The highest BCUT2D eigenvalue weighted by Gasteiger charge is 2.23. The van der Waals surface area contributed by atoms with E-state index in [0.717, 1.165) is 38.5 Å². The van der Waals surface area contributed by atoms with Gasteiger partial charge < -0.3 is 18.5 Å². The minimum atomic E-state index is -3.04. The molecule has 0 aromatic carbocycles. The quantitative estimate of drug-likeness (QED) is 0.203. The van der Waals surface area contributed by atoms with Gasteiger partial charge in [0.1, 0.15) is 0 Å². The molecule has 7 heteroatoms. The van der Waals surface area contributed by atoms with Gasteiger partial charge in [-0.1, -0.05) is 40.0 Å². The van der Waals surface area contributed by atoms with Crippen LogP contribution in [0.3, 0.4) is 0 Å². The van der Waals surface area contributed by atoms with Gasteiger partial charge in [-0.15, -0.1) is 0 Å². The van der Waals surface area contributed by atoms with Gasteiger partial charge in [0.2, 0.25) is 0 Å². The lowest BCUT2D eigenvalue weighted by molar-refractivity contribution is 0.0536. The second kappa shape index (κ2) is 15.9. The summed E-state index contributed by atoms with van der Waals surface area (Å²) in [7, 11) is -3.04. The Labute approximate surface area is 147 Å². The summed E-state index contributed by atoms with van der Waals surface area (Å²) in [5.74, 6) is 0. The third kappa shape index (κ3) is 13.8. The zero-order valence-electron chi connectivity index (χ0n) is 15.6. The van der Waals surface area contributed by atoms with Crippen molar-refractivity contribution >= 4 is 13.8 Å². The molecular formula is C17H35O6P. The Morgan fingerprint density at radius 2 is 1.17 bits per heavy atom. The van der Waals surface area contributed by atoms with E-state index in [1.165, 1.54) is 0 Å². The maximum atomic E-state index is 12.7. The van der Waals surface area contributed by atoms with E-state index >= 15 is 0 Å². The summed E-state index contributed by atoms with van der Waals surface area (Å²) in [5, 5.41) is 0. The summed E-state index contributed by atoms with van der Waals surface area (Å²) in [6.07, 6.45) is 6.48. The van der Waals surface area contributed by atoms with Crippen molar-refractivity contribution < 1.29 is 27.9 Å². The fraction of sp³-hybridized carbons (Fsp3) is 0.941. The van der Waals surface area contributed by atoms with Gasteiger partial charge in [0.15, 0.2) is 0 Å². The largest absolute Gasteiger partial charge is 0.508 e. The molecule has 0 atom stereocenters. The average Bonchev–Trinajstić information content (AvgIpc) is 2.55. The maximum Gasteiger partial charge on any atom is 0.508 e. The fourth-order valence-electron chi connectivity index (χ4n) is 1.77. The van der Waals surface area contributed by atoms with Gasteiger partial charge in [0.05, 0.1) is 32.6 Å². The van der Waals surface area contributed by atoms with Gasteiger partial charge >= 0.3 is 13.8 Å². The van der Waals surface area contributed by atoms with Gasteiger partial charge in [-0.05, 0) is 32.1 Å². The highest BCUT2D eigenvalue weighted by molar-refractivity contribution is 7.53. The van der Waals surface area contributed by atoms with Gasteiger partial charge in [-0.3, -0.25) is 4.57 Å². The molecule has 0 amide bonds. The molecule has 0 heterocycles. The van der Waals surface area contributed by atoms with Gasteiger partial charge in [0, 0.05) is 0 Å². The third-order valence-electron chi connectivity index (χ3n) is 3.34. The zero-order valence-corrected chi connectivity index (χ0v) is 16.5. The summed E-state index contributed by atoms with van der Waals surface area (Å²) in [6.45, 7) is 7.71. The molecule has 144 valence electrons. The van der Waals surface area contributed by atoms with E-state index in [-0.39, 0.29) is 6.61 Å². The first-order valence-corrected chi connectivity index (χ1v) is 11.0. The van der Waals surface area contributed by atoms with Crippen LogP contribution in [0.15, 0.2) is 0 Å². The lowest BCUT2D eigenvalue weighted by atomic mass is 10.4. The lowest BCUT2D eigenvalue weighted by Crippen LogP contribution is -2.10. The van der Waals surface area contributed by atoms with Crippen molar-refractivity contribution in [3.63, 3.8) is 0 Å². The molecule has 0 N–H and O–H groups in total. The molecule has 0 unspecified atom stereocenters. The fourth-order valence-corrected chi connectivity index (χ4v) is 3.53. The van der Waals surface area contributed by atoms with Crippen LogP contribution >= 0.6 is 7.60 Å². The van der Waals surface area contributed by atoms with E-state index in [1.54, 1.807) is 0 Å². The van der Waals surface area contributed by atoms with Crippen LogP contribution in [0.4, 0.5) is 4.79 Å². The molecule has 0 aliphatic rings. The summed E-state index contributed by atoms with van der Waals surface area (Å²) in [6, 6.07) is 0. The molecular weight excluding hydrogens is 331 g/mol. The predicted molar refractivity (Wildman–Crippen MR) is 95.6 cm³/mol. The van der Waals surface area contributed by atoms with Crippen LogP contribution in [0.2, 0.25) is 0 Å². The molecule has 0 fully saturated rings. The van der Waals surface area contributed by atoms with Crippen LogP contribution in [0, 0.1) is 0 Å². The SMILES string of the molecule is CCCCOC(=O)OCCCCP(=O)(OCCCC)OCCCC. The monoisotopic (exact) mass is 366 g/mol. The molecule has 0 aromatic heterocycles. The molecule has 0 bridgehead atoms. The smallest absolute Gasteiger partial charge is 0.434 e. The Bertz CT molecular complexity index is 334. The number of hydrogen-bond donors (Lipinski definition) is 0. The van der Waals surface area contributed by atoms with Crippen molar-refractivity contribution in [3.8, 4) is 0 Å². The molecule has 0 aliphatic carbocycles. The Morgan fingerprint density at radius 1 is 0.708 bits per heavy atom. The molecule has 24 heavy (non-hydrogen) atoms. The van der Waals surface area contributed by atoms with E-state index in [1.807, 2.05) is 6.92 Å². The Morgan fingerprint density at radius 3 is 1.67 bits per heavy atom. The number of ether oxygens (including phenoxy) is 2. The number of carbonyl (C=O) groups is 1. The number of unbranched alkanes of at least 4 members (excludes halogenated alkanes) is 4. The average molecular weight is 366 g/mol. The normalized spacial score (nSPS) is 11.5. The first kappa shape index (κ1) is 23.4. The summed E-state index contributed by atoms with van der Waals surface area (Å²) >= 11 is 0. The first-order chi connectivity index (χ1) is 11.6. The van der Waals surface area contributed by atoms with E-state index in [0.29, 0.717) is 38.8 Å². The Kier molecular flexibility index (Phi) is 15.5. The molecule has 0 aromatic rings. The minimum absolute atomic E-state index is 0.259. The van der Waals surface area contributed by atoms with Crippen molar-refractivity contribution in [1.29, 1.82) is 0 Å². The molecule has 6 nitrogen and oxygen atoms in total. The third-order valence-corrected chi connectivity index (χ3v) is 5.35. The zero-order chi connectivity index (χ0) is 18.1. The standard InChI is InChI=1S/C17H35O6P/c1-4-7-12-20-17(18)21-13-10-11-16-24(19,22-14-8-5-2)23-15-9-6-3/h4-16H2,1-3H3. The molecule has 0 spiro atoms. The molecule has 0 rings (SSSR count). The van der Waals surface area contributed by atoms with E-state index in [4.69, 9.17) is 18.5 Å². The van der Waals surface area contributed by atoms with Crippen LogP contribution in [-0.4, -0.2) is 38.7 Å². The van der Waals surface area contributed by atoms with Gasteiger partial charge in [-0.2, -0.15) is 0 Å². The lowest BCUT2D eigenvalue weighted by Gasteiger charge is -2.18. The summed E-state index contributed by atoms with van der Waals surface area (Å²) in [5.41, 5.74) is 0. The summed E-state index contributed by atoms with van der Waals surface area (Å²) < 4.78 is 33.5. The summed E-state index contributed by atoms with van der Waals surface area (Å²) in [4.78, 5) is 11.3. The van der Waals surface area contributed by atoms with Crippen molar-refractivity contribution in [2.24, 2.45) is 0 Å². The van der Waals surface area contributed by atoms with Crippen LogP contribution in [0.25, 0.3) is 0 Å². The molecule has 0 saturated heterocycles. The Balaban J connectivity index is 3.94. The number of hydrogen-bond acceptors (Lipinski definition) is 6. The minimum Gasteiger partial charge on any atom is -0.434 e. The van der Waals surface area contributed by atoms with Gasteiger partial charge in [-0.25, -0.2) is 4.79 Å². The molecule has 0 radical (unpaired) electrons. The number of rotatable bonds is 16. The van der Waals surface area contributed by atoms with E-state index in [9.17, 15) is 9.36 Å². The first-order valence-electron chi connectivity index (χ1n) is 9.25. The van der Waals surface area contributed by atoms with Crippen LogP contribution in [-0.2, 0) is 23.1 Å². The molecule has 0 saturated carbocycles. The van der Waals surface area contributed by atoms with Crippen molar-refractivity contribution in [2.45, 2.75) is 72.1 Å². The van der Waals surface area contributed by atoms with E-state index < -0.39 is 13.8 Å². The highest BCUT2D eigenvalue weighted by atomic mass is 31.2. The highest BCUT2D eigenvalue weighted by Crippen LogP contribution is 2.49. The topological polar surface area (TPSA) is 71.1 Å². The van der Waals surface area contributed by atoms with E-state index in [2.05, 4.69) is 13.8 Å². The van der Waals surface area contributed by atoms with Crippen LogP contribution in [0.5, 0.6) is 0 Å². The Hall–Kier alpha value is -0.580. The molecule has 0 aliphatic heterocycles. The van der Waals surface area contributed by atoms with Crippen molar-refractivity contribution in [3.05, 3.63) is 0 Å². The van der Waals surface area contributed by atoms with Crippen molar-refractivity contribution in [1.82, 2.24) is 0 Å². The van der Waals surface area contributed by atoms with Crippen LogP contribution < -0.4 is 0 Å². The van der Waals surface area contributed by atoms with Crippen LogP contribution in [0.1, 0.15) is 72.1 Å². The maximum absolute atomic E-state index is 12.7. The number of carbonyl (C=O) groups excluding carboxylic acids is 1. The second-order valence-corrected chi connectivity index (χ2v) is 7.90. The van der Waals surface area contributed by atoms with Gasteiger partial charge in [0.25, 0.3) is 0 Å².